The minimum absolute atomic E-state index is 0.302. The van der Waals surface area contributed by atoms with Gasteiger partial charge in [0.15, 0.2) is 0 Å². The number of methoxy groups -OCH3 is 1. The van der Waals surface area contributed by atoms with Crippen molar-refractivity contribution in [1.82, 2.24) is 14.9 Å². The highest BCUT2D eigenvalue weighted by Crippen LogP contribution is 2.28. The van der Waals surface area contributed by atoms with Crippen molar-refractivity contribution >= 4 is 5.82 Å². The first-order valence-electron chi connectivity index (χ1n) is 9.62. The van der Waals surface area contributed by atoms with Crippen LogP contribution in [-0.4, -0.2) is 54.3 Å². The third kappa shape index (κ3) is 3.76. The molecule has 1 atom stereocenters. The molecule has 6 nitrogen and oxygen atoms in total. The van der Waals surface area contributed by atoms with Gasteiger partial charge in [0.25, 0.3) is 0 Å². The second kappa shape index (κ2) is 7.76. The quantitative estimate of drug-likeness (QED) is 0.839. The van der Waals surface area contributed by atoms with E-state index in [-0.39, 0.29) is 0 Å². The highest BCUT2D eigenvalue weighted by Gasteiger charge is 2.26. The van der Waals surface area contributed by atoms with E-state index in [1.807, 2.05) is 26.2 Å². The van der Waals surface area contributed by atoms with Crippen molar-refractivity contribution in [2.24, 2.45) is 0 Å². The summed E-state index contributed by atoms with van der Waals surface area (Å²) in [6, 6.07) is 4.00. The molecule has 0 aliphatic carbocycles. The first kappa shape index (κ1) is 17.5. The Hall–Kier alpha value is -1.92. The largest absolute Gasteiger partial charge is 0.468 e. The summed E-state index contributed by atoms with van der Waals surface area (Å²) < 4.78 is 11.1. The van der Waals surface area contributed by atoms with Gasteiger partial charge in [-0.1, -0.05) is 0 Å². The lowest BCUT2D eigenvalue weighted by atomic mass is 10.0. The van der Waals surface area contributed by atoms with Gasteiger partial charge in [0.1, 0.15) is 17.4 Å². The summed E-state index contributed by atoms with van der Waals surface area (Å²) in [4.78, 5) is 14.5. The van der Waals surface area contributed by atoms with Crippen LogP contribution in [-0.2, 0) is 24.1 Å². The van der Waals surface area contributed by atoms with Crippen molar-refractivity contribution in [3.63, 3.8) is 0 Å². The Balaban J connectivity index is 1.55. The van der Waals surface area contributed by atoms with Crippen LogP contribution in [0.2, 0.25) is 0 Å². The van der Waals surface area contributed by atoms with E-state index in [4.69, 9.17) is 19.1 Å². The fourth-order valence-corrected chi connectivity index (χ4v) is 4.11. The number of aryl methyl sites for hydroxylation is 1. The molecule has 26 heavy (non-hydrogen) atoms. The number of anilines is 1. The van der Waals surface area contributed by atoms with Crippen LogP contribution >= 0.6 is 0 Å². The lowest BCUT2D eigenvalue weighted by Crippen LogP contribution is -2.40. The zero-order chi connectivity index (χ0) is 17.9. The Labute approximate surface area is 155 Å². The Morgan fingerprint density at radius 2 is 2.12 bits per heavy atom. The molecule has 4 heterocycles. The predicted molar refractivity (Wildman–Crippen MR) is 100 cm³/mol. The van der Waals surface area contributed by atoms with Crippen LogP contribution < -0.4 is 4.90 Å². The summed E-state index contributed by atoms with van der Waals surface area (Å²) in [5, 5.41) is 0. The minimum Gasteiger partial charge on any atom is -0.468 e. The van der Waals surface area contributed by atoms with Crippen molar-refractivity contribution in [3.05, 3.63) is 41.2 Å². The van der Waals surface area contributed by atoms with Crippen LogP contribution in [0.3, 0.4) is 0 Å². The summed E-state index contributed by atoms with van der Waals surface area (Å²) >= 11 is 0. The SMILES string of the molecule is CO[C@@H]1CCCN(c2nc(C)nc3c2CCN(Cc2ccco2)CC3)C1. The molecule has 4 rings (SSSR count). The van der Waals surface area contributed by atoms with Gasteiger partial charge in [0.05, 0.1) is 24.6 Å². The molecule has 0 unspecified atom stereocenters. The summed E-state index contributed by atoms with van der Waals surface area (Å²) in [6.45, 7) is 6.86. The summed E-state index contributed by atoms with van der Waals surface area (Å²) in [7, 11) is 1.81. The first-order chi connectivity index (χ1) is 12.7. The van der Waals surface area contributed by atoms with Gasteiger partial charge in [-0.3, -0.25) is 4.90 Å². The molecule has 0 amide bonds. The van der Waals surface area contributed by atoms with Crippen molar-refractivity contribution in [1.29, 1.82) is 0 Å². The van der Waals surface area contributed by atoms with Crippen LogP contribution in [0.4, 0.5) is 5.82 Å². The third-order valence-corrected chi connectivity index (χ3v) is 5.50. The minimum atomic E-state index is 0.302. The monoisotopic (exact) mass is 356 g/mol. The average Bonchev–Trinajstić information content (AvgIpc) is 3.09. The normalized spacial score (nSPS) is 21.5. The molecular weight excluding hydrogens is 328 g/mol. The standard InChI is InChI=1S/C20H28N4O2/c1-15-21-19-8-11-23(13-17-6-4-12-26-17)10-7-18(19)20(22-15)24-9-3-5-16(14-24)25-2/h4,6,12,16H,3,5,7-11,13-14H2,1-2H3/t16-/m1/s1. The lowest BCUT2D eigenvalue weighted by Gasteiger charge is -2.34. The Morgan fingerprint density at radius 3 is 2.92 bits per heavy atom. The molecule has 2 aromatic heterocycles. The van der Waals surface area contributed by atoms with Gasteiger partial charge in [-0.25, -0.2) is 9.97 Å². The van der Waals surface area contributed by atoms with Crippen LogP contribution in [0.25, 0.3) is 0 Å². The van der Waals surface area contributed by atoms with Gasteiger partial charge in [-0.15, -0.1) is 0 Å². The molecular formula is C20H28N4O2. The van der Waals surface area contributed by atoms with E-state index in [0.717, 1.165) is 75.8 Å². The highest BCUT2D eigenvalue weighted by atomic mass is 16.5. The number of piperidine rings is 1. The molecule has 0 N–H and O–H groups in total. The number of hydrogen-bond acceptors (Lipinski definition) is 6. The van der Waals surface area contributed by atoms with Crippen LogP contribution in [0.15, 0.2) is 22.8 Å². The molecule has 1 saturated heterocycles. The second-order valence-electron chi connectivity index (χ2n) is 7.32. The maximum Gasteiger partial charge on any atom is 0.135 e. The first-order valence-corrected chi connectivity index (χ1v) is 9.62. The average molecular weight is 356 g/mol. The number of hydrogen-bond donors (Lipinski definition) is 0. The van der Waals surface area contributed by atoms with Gasteiger partial charge in [-0.05, 0) is 38.3 Å². The third-order valence-electron chi connectivity index (χ3n) is 5.50. The molecule has 2 aliphatic heterocycles. The van der Waals surface area contributed by atoms with E-state index < -0.39 is 0 Å². The van der Waals surface area contributed by atoms with E-state index in [9.17, 15) is 0 Å². The Kier molecular flexibility index (Phi) is 5.22. The molecule has 0 aromatic carbocycles. The number of fused-ring (bicyclic) bond motifs is 1. The predicted octanol–water partition coefficient (Wildman–Crippen LogP) is 2.59. The smallest absolute Gasteiger partial charge is 0.135 e. The number of aromatic nitrogens is 2. The molecule has 2 aliphatic rings. The maximum absolute atomic E-state index is 5.61. The Morgan fingerprint density at radius 1 is 1.23 bits per heavy atom. The van der Waals surface area contributed by atoms with Crippen molar-refractivity contribution in [3.8, 4) is 0 Å². The van der Waals surface area contributed by atoms with E-state index in [1.54, 1.807) is 6.26 Å². The molecule has 0 spiro atoms. The fraction of sp³-hybridized carbons (Fsp3) is 0.600. The molecule has 0 bridgehead atoms. The van der Waals surface area contributed by atoms with E-state index in [1.165, 1.54) is 11.3 Å². The summed E-state index contributed by atoms with van der Waals surface area (Å²) in [5.41, 5.74) is 2.54. The molecule has 6 heteroatoms. The Bertz CT molecular complexity index is 732. The number of ether oxygens (including phenoxy) is 1. The van der Waals surface area contributed by atoms with Crippen LogP contribution in [0.5, 0.6) is 0 Å². The van der Waals surface area contributed by atoms with E-state index in [2.05, 4.69) is 9.80 Å². The van der Waals surface area contributed by atoms with Crippen molar-refractivity contribution in [2.45, 2.75) is 45.3 Å². The van der Waals surface area contributed by atoms with Gasteiger partial charge in [0, 0.05) is 45.3 Å². The number of rotatable bonds is 4. The highest BCUT2D eigenvalue weighted by molar-refractivity contribution is 5.50. The lowest BCUT2D eigenvalue weighted by molar-refractivity contribution is 0.0890. The van der Waals surface area contributed by atoms with E-state index in [0.29, 0.717) is 6.10 Å². The summed E-state index contributed by atoms with van der Waals surface area (Å²) in [6.07, 6.45) is 6.29. The molecule has 0 radical (unpaired) electrons. The van der Waals surface area contributed by atoms with Crippen molar-refractivity contribution in [2.75, 3.05) is 38.2 Å². The fourth-order valence-electron chi connectivity index (χ4n) is 4.11. The molecule has 0 saturated carbocycles. The van der Waals surface area contributed by atoms with Gasteiger partial charge in [-0.2, -0.15) is 0 Å². The topological polar surface area (TPSA) is 54.6 Å². The van der Waals surface area contributed by atoms with E-state index >= 15 is 0 Å². The molecule has 2 aromatic rings. The van der Waals surface area contributed by atoms with Crippen LogP contribution in [0, 0.1) is 6.92 Å². The zero-order valence-corrected chi connectivity index (χ0v) is 15.8. The zero-order valence-electron chi connectivity index (χ0n) is 15.8. The number of nitrogens with zero attached hydrogens (tertiary/aromatic N) is 4. The van der Waals surface area contributed by atoms with Crippen molar-refractivity contribution < 1.29 is 9.15 Å². The number of furan rings is 1. The van der Waals surface area contributed by atoms with Gasteiger partial charge >= 0.3 is 0 Å². The molecule has 140 valence electrons. The summed E-state index contributed by atoms with van der Waals surface area (Å²) in [5.74, 6) is 3.03. The maximum atomic E-state index is 5.61. The van der Waals surface area contributed by atoms with Gasteiger partial charge in [0.2, 0.25) is 0 Å². The van der Waals surface area contributed by atoms with Crippen LogP contribution in [0.1, 0.15) is 35.7 Å². The molecule has 1 fully saturated rings. The van der Waals surface area contributed by atoms with Gasteiger partial charge < -0.3 is 14.1 Å². The second-order valence-corrected chi connectivity index (χ2v) is 7.32.